The third-order valence-electron chi connectivity index (χ3n) is 2.51. The minimum Gasteiger partial charge on any atom is -0.507 e. The van der Waals surface area contributed by atoms with Crippen LogP contribution in [0, 0.1) is 6.92 Å². The predicted octanol–water partition coefficient (Wildman–Crippen LogP) is 0.957. The topological polar surface area (TPSA) is 108 Å². The number of aromatic hydroxyl groups is 1. The fourth-order valence-corrected chi connectivity index (χ4v) is 1.46. The Balaban J connectivity index is 2.49. The number of para-hydroxylation sites is 1. The van der Waals surface area contributed by atoms with Crippen molar-refractivity contribution in [1.29, 1.82) is 0 Å². The van der Waals surface area contributed by atoms with Crippen LogP contribution in [0.4, 0.5) is 0 Å². The normalized spacial score (nSPS) is 11.3. The number of nitrogens with one attached hydrogen (secondary N) is 1. The van der Waals surface area contributed by atoms with Crippen molar-refractivity contribution in [3.63, 3.8) is 0 Å². The first-order valence-corrected chi connectivity index (χ1v) is 5.59. The lowest BCUT2D eigenvalue weighted by atomic mass is 10.1. The SMILES string of the molecule is Cc1cccc(C(=O)NCCCC(N)=NO)c1O. The van der Waals surface area contributed by atoms with E-state index in [4.69, 9.17) is 10.9 Å². The van der Waals surface area contributed by atoms with Crippen LogP contribution in [-0.4, -0.2) is 28.6 Å². The maximum absolute atomic E-state index is 11.7. The van der Waals surface area contributed by atoms with Crippen LogP contribution in [-0.2, 0) is 0 Å². The molecule has 0 heterocycles. The number of aryl methyl sites for hydroxylation is 1. The summed E-state index contributed by atoms with van der Waals surface area (Å²) in [6.45, 7) is 2.12. The van der Waals surface area contributed by atoms with Gasteiger partial charge in [0.05, 0.1) is 5.56 Å². The summed E-state index contributed by atoms with van der Waals surface area (Å²) in [5.41, 5.74) is 6.19. The van der Waals surface area contributed by atoms with Gasteiger partial charge < -0.3 is 21.4 Å². The summed E-state index contributed by atoms with van der Waals surface area (Å²) in [6.07, 6.45) is 0.963. The van der Waals surface area contributed by atoms with Crippen molar-refractivity contribution < 1.29 is 15.1 Å². The molecule has 6 heteroatoms. The molecule has 6 nitrogen and oxygen atoms in total. The van der Waals surface area contributed by atoms with Gasteiger partial charge in [0.25, 0.3) is 5.91 Å². The summed E-state index contributed by atoms with van der Waals surface area (Å²) in [4.78, 5) is 11.7. The lowest BCUT2D eigenvalue weighted by Crippen LogP contribution is -2.25. The van der Waals surface area contributed by atoms with Crippen LogP contribution >= 0.6 is 0 Å². The van der Waals surface area contributed by atoms with Gasteiger partial charge in [-0.1, -0.05) is 17.3 Å². The van der Waals surface area contributed by atoms with E-state index in [-0.39, 0.29) is 23.1 Å². The number of phenols is 1. The van der Waals surface area contributed by atoms with Crippen molar-refractivity contribution in [2.75, 3.05) is 6.54 Å². The zero-order valence-corrected chi connectivity index (χ0v) is 10.2. The molecule has 1 aromatic carbocycles. The third kappa shape index (κ3) is 3.65. The van der Waals surface area contributed by atoms with Crippen LogP contribution in [0.15, 0.2) is 23.4 Å². The van der Waals surface area contributed by atoms with Crippen molar-refractivity contribution >= 4 is 11.7 Å². The zero-order valence-electron chi connectivity index (χ0n) is 10.2. The third-order valence-corrected chi connectivity index (χ3v) is 2.51. The maximum Gasteiger partial charge on any atom is 0.255 e. The van der Waals surface area contributed by atoms with Crippen LogP contribution in [0.2, 0.25) is 0 Å². The lowest BCUT2D eigenvalue weighted by Gasteiger charge is -2.08. The molecular weight excluding hydrogens is 234 g/mol. The summed E-state index contributed by atoms with van der Waals surface area (Å²) in [5.74, 6) is -0.218. The van der Waals surface area contributed by atoms with Gasteiger partial charge in [-0.05, 0) is 25.0 Å². The number of nitrogens with zero attached hydrogens (tertiary/aromatic N) is 1. The molecule has 1 rings (SSSR count). The van der Waals surface area contributed by atoms with E-state index < -0.39 is 0 Å². The van der Waals surface area contributed by atoms with Gasteiger partial charge >= 0.3 is 0 Å². The Kier molecular flexibility index (Phi) is 4.98. The second-order valence-electron chi connectivity index (χ2n) is 3.92. The summed E-state index contributed by atoms with van der Waals surface area (Å²) in [6, 6.07) is 4.99. The van der Waals surface area contributed by atoms with Crippen molar-refractivity contribution in [2.45, 2.75) is 19.8 Å². The Hall–Kier alpha value is -2.24. The Morgan fingerprint density at radius 1 is 1.50 bits per heavy atom. The van der Waals surface area contributed by atoms with Crippen molar-refractivity contribution in [1.82, 2.24) is 5.32 Å². The highest BCUT2D eigenvalue weighted by Gasteiger charge is 2.11. The van der Waals surface area contributed by atoms with E-state index in [0.29, 0.717) is 24.9 Å². The minimum absolute atomic E-state index is 0.00793. The van der Waals surface area contributed by atoms with E-state index in [0.717, 1.165) is 0 Å². The van der Waals surface area contributed by atoms with Gasteiger partial charge in [0.1, 0.15) is 11.6 Å². The second-order valence-corrected chi connectivity index (χ2v) is 3.92. The first-order chi connectivity index (χ1) is 8.56. The molecule has 0 atom stereocenters. The molecule has 0 unspecified atom stereocenters. The molecule has 0 spiro atoms. The van der Waals surface area contributed by atoms with Gasteiger partial charge in [-0.3, -0.25) is 4.79 Å². The van der Waals surface area contributed by atoms with Crippen molar-refractivity contribution in [3.05, 3.63) is 29.3 Å². The first-order valence-electron chi connectivity index (χ1n) is 5.59. The largest absolute Gasteiger partial charge is 0.507 e. The van der Waals surface area contributed by atoms with Gasteiger partial charge in [-0.25, -0.2) is 0 Å². The molecule has 0 aromatic heterocycles. The molecule has 0 aliphatic carbocycles. The zero-order chi connectivity index (χ0) is 13.5. The molecule has 1 amide bonds. The highest BCUT2D eigenvalue weighted by atomic mass is 16.4. The second kappa shape index (κ2) is 6.48. The van der Waals surface area contributed by atoms with E-state index >= 15 is 0 Å². The number of phenolic OH excluding ortho intramolecular Hbond substituents is 1. The molecule has 0 saturated carbocycles. The number of oxime groups is 1. The number of benzene rings is 1. The molecular formula is C12H17N3O3. The maximum atomic E-state index is 11.7. The molecule has 5 N–H and O–H groups in total. The first kappa shape index (κ1) is 13.8. The molecule has 0 aliphatic rings. The highest BCUT2D eigenvalue weighted by molar-refractivity contribution is 5.97. The monoisotopic (exact) mass is 251 g/mol. The van der Waals surface area contributed by atoms with Crippen LogP contribution in [0.1, 0.15) is 28.8 Å². The summed E-state index contributed by atoms with van der Waals surface area (Å²) >= 11 is 0. The Morgan fingerprint density at radius 2 is 2.22 bits per heavy atom. The van der Waals surface area contributed by atoms with Gasteiger partial charge in [0.15, 0.2) is 0 Å². The quantitative estimate of drug-likeness (QED) is 0.205. The Labute approximate surface area is 105 Å². The van der Waals surface area contributed by atoms with E-state index in [2.05, 4.69) is 10.5 Å². The van der Waals surface area contributed by atoms with E-state index in [9.17, 15) is 9.90 Å². The van der Waals surface area contributed by atoms with Gasteiger partial charge in [0, 0.05) is 13.0 Å². The molecule has 0 fully saturated rings. The fourth-order valence-electron chi connectivity index (χ4n) is 1.46. The summed E-state index contributed by atoms with van der Waals surface area (Å²) < 4.78 is 0. The van der Waals surface area contributed by atoms with Gasteiger partial charge in [-0.15, -0.1) is 0 Å². The van der Waals surface area contributed by atoms with Gasteiger partial charge in [-0.2, -0.15) is 0 Å². The minimum atomic E-state index is -0.337. The number of amidine groups is 1. The molecule has 0 bridgehead atoms. The number of carbonyl (C=O) groups is 1. The smallest absolute Gasteiger partial charge is 0.255 e. The van der Waals surface area contributed by atoms with E-state index in [1.165, 1.54) is 0 Å². The predicted molar refractivity (Wildman–Crippen MR) is 67.8 cm³/mol. The van der Waals surface area contributed by atoms with Gasteiger partial charge in [0.2, 0.25) is 0 Å². The number of rotatable bonds is 5. The van der Waals surface area contributed by atoms with Crippen LogP contribution in [0.5, 0.6) is 5.75 Å². The Morgan fingerprint density at radius 3 is 2.89 bits per heavy atom. The summed E-state index contributed by atoms with van der Waals surface area (Å²) in [7, 11) is 0. The van der Waals surface area contributed by atoms with Crippen LogP contribution < -0.4 is 11.1 Å². The standard InChI is InChI=1S/C12H17N3O3/c1-8-4-2-5-9(11(8)16)12(17)14-7-3-6-10(13)15-18/h2,4-5,16,18H,3,6-7H2,1H3,(H2,13,15)(H,14,17). The number of carbonyl (C=O) groups excluding carboxylic acids is 1. The number of nitrogens with two attached hydrogens (primary N) is 1. The number of amides is 1. The lowest BCUT2D eigenvalue weighted by molar-refractivity contribution is 0.0950. The molecule has 0 radical (unpaired) electrons. The Bertz CT molecular complexity index is 458. The highest BCUT2D eigenvalue weighted by Crippen LogP contribution is 2.20. The molecule has 0 saturated heterocycles. The number of hydrogen-bond acceptors (Lipinski definition) is 4. The van der Waals surface area contributed by atoms with E-state index in [1.807, 2.05) is 0 Å². The molecule has 0 aliphatic heterocycles. The fraction of sp³-hybridized carbons (Fsp3) is 0.333. The summed E-state index contributed by atoms with van der Waals surface area (Å²) in [5, 5.41) is 23.5. The van der Waals surface area contributed by atoms with Crippen LogP contribution in [0.25, 0.3) is 0 Å². The van der Waals surface area contributed by atoms with E-state index in [1.54, 1.807) is 25.1 Å². The van der Waals surface area contributed by atoms with Crippen molar-refractivity contribution in [3.8, 4) is 5.75 Å². The molecule has 1 aromatic rings. The van der Waals surface area contributed by atoms with Crippen LogP contribution in [0.3, 0.4) is 0 Å². The average molecular weight is 251 g/mol. The molecule has 18 heavy (non-hydrogen) atoms. The molecule has 98 valence electrons. The number of hydrogen-bond donors (Lipinski definition) is 4. The average Bonchev–Trinajstić information content (AvgIpc) is 2.37. The van der Waals surface area contributed by atoms with Crippen molar-refractivity contribution in [2.24, 2.45) is 10.9 Å².